The van der Waals surface area contributed by atoms with Gasteiger partial charge in [0.05, 0.1) is 16.2 Å². The van der Waals surface area contributed by atoms with Gasteiger partial charge in [-0.05, 0) is 25.1 Å². The summed E-state index contributed by atoms with van der Waals surface area (Å²) in [6.07, 6.45) is 1.55. The van der Waals surface area contributed by atoms with Crippen LogP contribution in [0.2, 0.25) is 5.02 Å². The highest BCUT2D eigenvalue weighted by molar-refractivity contribution is 6.32. The van der Waals surface area contributed by atoms with Gasteiger partial charge in [-0.15, -0.1) is 0 Å². The van der Waals surface area contributed by atoms with Crippen molar-refractivity contribution in [2.24, 2.45) is 0 Å². The molecule has 2 aromatic rings. The molecule has 2 rings (SSSR count). The van der Waals surface area contributed by atoms with Crippen molar-refractivity contribution in [2.75, 3.05) is 0 Å². The molecule has 0 saturated carbocycles. The van der Waals surface area contributed by atoms with Crippen LogP contribution in [0, 0.1) is 17.0 Å². The van der Waals surface area contributed by atoms with Crippen molar-refractivity contribution in [3.63, 3.8) is 0 Å². The van der Waals surface area contributed by atoms with Crippen molar-refractivity contribution in [1.29, 1.82) is 0 Å². The summed E-state index contributed by atoms with van der Waals surface area (Å²) in [5.41, 5.74) is 0.909. The standard InChI is InChI=1S/C12H9ClN2O4/c1-7-9(12(16)17)4-5-14(7)8-2-3-10(13)11(6-8)15(18)19/h2-6H,1H3,(H,16,17). The monoisotopic (exact) mass is 280 g/mol. The molecule has 1 heterocycles. The van der Waals surface area contributed by atoms with Crippen LogP contribution in [0.3, 0.4) is 0 Å². The van der Waals surface area contributed by atoms with E-state index >= 15 is 0 Å². The first-order chi connectivity index (χ1) is 8.91. The number of benzene rings is 1. The van der Waals surface area contributed by atoms with Crippen LogP contribution in [0.1, 0.15) is 16.1 Å². The number of carboxylic acids is 1. The average molecular weight is 281 g/mol. The zero-order valence-electron chi connectivity index (χ0n) is 9.83. The Morgan fingerprint density at radius 2 is 2.11 bits per heavy atom. The average Bonchev–Trinajstić information content (AvgIpc) is 2.71. The van der Waals surface area contributed by atoms with Crippen molar-refractivity contribution in [3.8, 4) is 5.69 Å². The van der Waals surface area contributed by atoms with E-state index in [1.807, 2.05) is 0 Å². The Kier molecular flexibility index (Phi) is 3.26. The lowest BCUT2D eigenvalue weighted by atomic mass is 10.2. The fraction of sp³-hybridized carbons (Fsp3) is 0.0833. The maximum atomic E-state index is 11.0. The highest BCUT2D eigenvalue weighted by Gasteiger charge is 2.16. The minimum absolute atomic E-state index is 0.0389. The molecule has 0 amide bonds. The summed E-state index contributed by atoms with van der Waals surface area (Å²) < 4.78 is 1.56. The van der Waals surface area contributed by atoms with E-state index in [0.717, 1.165) is 0 Å². The molecule has 0 aliphatic carbocycles. The van der Waals surface area contributed by atoms with Gasteiger partial charge in [-0.2, -0.15) is 0 Å². The van der Waals surface area contributed by atoms with Gasteiger partial charge in [-0.3, -0.25) is 10.1 Å². The topological polar surface area (TPSA) is 85.4 Å². The maximum Gasteiger partial charge on any atom is 0.337 e. The SMILES string of the molecule is Cc1c(C(=O)O)ccn1-c1ccc(Cl)c([N+](=O)[O-])c1. The van der Waals surface area contributed by atoms with Gasteiger partial charge in [0.15, 0.2) is 0 Å². The minimum atomic E-state index is -1.04. The largest absolute Gasteiger partial charge is 0.478 e. The molecule has 7 heteroatoms. The second kappa shape index (κ2) is 4.74. The molecule has 19 heavy (non-hydrogen) atoms. The van der Waals surface area contributed by atoms with Crippen molar-refractivity contribution in [2.45, 2.75) is 6.92 Å². The predicted molar refractivity (Wildman–Crippen MR) is 69.1 cm³/mol. The minimum Gasteiger partial charge on any atom is -0.478 e. The fourth-order valence-electron chi connectivity index (χ4n) is 1.81. The van der Waals surface area contributed by atoms with E-state index in [9.17, 15) is 14.9 Å². The van der Waals surface area contributed by atoms with Crippen molar-refractivity contribution < 1.29 is 14.8 Å². The van der Waals surface area contributed by atoms with E-state index in [0.29, 0.717) is 11.4 Å². The molecular weight excluding hydrogens is 272 g/mol. The van der Waals surface area contributed by atoms with Gasteiger partial charge in [0, 0.05) is 18.0 Å². The third kappa shape index (κ3) is 2.30. The summed E-state index contributed by atoms with van der Waals surface area (Å²) in [6.45, 7) is 1.63. The Bertz CT molecular complexity index is 678. The van der Waals surface area contributed by atoms with Crippen molar-refractivity contribution in [3.05, 3.63) is 56.9 Å². The Morgan fingerprint density at radius 1 is 1.42 bits per heavy atom. The van der Waals surface area contributed by atoms with E-state index in [2.05, 4.69) is 0 Å². The highest BCUT2D eigenvalue weighted by Crippen LogP contribution is 2.28. The van der Waals surface area contributed by atoms with Crippen LogP contribution in [0.5, 0.6) is 0 Å². The molecular formula is C12H9ClN2O4. The molecule has 6 nitrogen and oxygen atoms in total. The molecule has 1 aromatic carbocycles. The first-order valence-electron chi connectivity index (χ1n) is 5.27. The molecule has 0 aliphatic rings. The van der Waals surface area contributed by atoms with Gasteiger partial charge >= 0.3 is 5.97 Å². The number of hydrogen-bond donors (Lipinski definition) is 1. The third-order valence-corrected chi connectivity index (χ3v) is 3.10. The lowest BCUT2D eigenvalue weighted by molar-refractivity contribution is -0.384. The van der Waals surface area contributed by atoms with Crippen LogP contribution in [-0.2, 0) is 0 Å². The molecule has 0 aliphatic heterocycles. The van der Waals surface area contributed by atoms with Crippen LogP contribution in [0.4, 0.5) is 5.69 Å². The summed E-state index contributed by atoms with van der Waals surface area (Å²) in [7, 11) is 0. The fourth-order valence-corrected chi connectivity index (χ4v) is 1.99. The molecule has 0 atom stereocenters. The number of nitro benzene ring substituents is 1. The van der Waals surface area contributed by atoms with E-state index in [-0.39, 0.29) is 16.3 Å². The molecule has 0 saturated heterocycles. The van der Waals surface area contributed by atoms with E-state index in [1.165, 1.54) is 18.2 Å². The number of rotatable bonds is 3. The number of halogens is 1. The summed E-state index contributed by atoms with van der Waals surface area (Å²) in [4.78, 5) is 21.2. The first kappa shape index (κ1) is 13.1. The molecule has 0 unspecified atom stereocenters. The third-order valence-electron chi connectivity index (χ3n) is 2.78. The van der Waals surface area contributed by atoms with Gasteiger partial charge in [-0.1, -0.05) is 11.6 Å². The normalized spacial score (nSPS) is 10.4. The summed E-state index contributed by atoms with van der Waals surface area (Å²) in [5.74, 6) is -1.04. The van der Waals surface area contributed by atoms with Gasteiger partial charge < -0.3 is 9.67 Å². The lowest BCUT2D eigenvalue weighted by Gasteiger charge is -2.07. The molecule has 0 fully saturated rings. The quantitative estimate of drug-likeness (QED) is 0.691. The predicted octanol–water partition coefficient (Wildman–Crippen LogP) is 3.05. The second-order valence-corrected chi connectivity index (χ2v) is 4.29. The van der Waals surface area contributed by atoms with Crippen molar-refractivity contribution >= 4 is 23.3 Å². The lowest BCUT2D eigenvalue weighted by Crippen LogP contribution is -2.01. The number of aromatic carboxylic acids is 1. The van der Waals surface area contributed by atoms with E-state index < -0.39 is 10.9 Å². The smallest absolute Gasteiger partial charge is 0.337 e. The Hall–Kier alpha value is -2.34. The summed E-state index contributed by atoms with van der Waals surface area (Å²) >= 11 is 5.73. The molecule has 1 aromatic heterocycles. The highest BCUT2D eigenvalue weighted by atomic mass is 35.5. The Balaban J connectivity index is 2.57. The van der Waals surface area contributed by atoms with Crippen molar-refractivity contribution in [1.82, 2.24) is 4.57 Å². The molecule has 1 N–H and O–H groups in total. The Morgan fingerprint density at radius 3 is 2.63 bits per heavy atom. The van der Waals surface area contributed by atoms with Gasteiger partial charge in [0.1, 0.15) is 5.02 Å². The zero-order valence-corrected chi connectivity index (χ0v) is 10.6. The second-order valence-electron chi connectivity index (χ2n) is 3.88. The number of carbonyl (C=O) groups is 1. The summed E-state index contributed by atoms with van der Waals surface area (Å²) in [5, 5.41) is 19.8. The molecule has 0 bridgehead atoms. The summed E-state index contributed by atoms with van der Waals surface area (Å²) in [6, 6.07) is 5.75. The van der Waals surface area contributed by atoms with E-state index in [4.69, 9.17) is 16.7 Å². The molecule has 0 spiro atoms. The van der Waals surface area contributed by atoms with E-state index in [1.54, 1.807) is 23.8 Å². The molecule has 0 radical (unpaired) electrons. The van der Waals surface area contributed by atoms with Crippen LogP contribution < -0.4 is 0 Å². The van der Waals surface area contributed by atoms with Crippen LogP contribution in [-0.4, -0.2) is 20.6 Å². The molecule has 98 valence electrons. The number of aromatic nitrogens is 1. The number of carboxylic acid groups (broad SMARTS) is 1. The van der Waals surface area contributed by atoms with Gasteiger partial charge in [-0.25, -0.2) is 4.79 Å². The number of hydrogen-bond acceptors (Lipinski definition) is 3. The Labute approximate surface area is 113 Å². The maximum absolute atomic E-state index is 11.0. The van der Waals surface area contributed by atoms with Crippen LogP contribution >= 0.6 is 11.6 Å². The van der Waals surface area contributed by atoms with Crippen LogP contribution in [0.25, 0.3) is 5.69 Å². The number of nitro groups is 1. The zero-order chi connectivity index (χ0) is 14.2. The van der Waals surface area contributed by atoms with Gasteiger partial charge in [0.2, 0.25) is 0 Å². The van der Waals surface area contributed by atoms with Gasteiger partial charge in [0.25, 0.3) is 5.69 Å². The first-order valence-corrected chi connectivity index (χ1v) is 5.65. The van der Waals surface area contributed by atoms with Crippen LogP contribution in [0.15, 0.2) is 30.5 Å². The number of nitrogens with zero attached hydrogens (tertiary/aromatic N) is 2.